The van der Waals surface area contributed by atoms with E-state index in [1.807, 2.05) is 0 Å². The molecular formula is C16H19NO4. The van der Waals surface area contributed by atoms with Crippen LogP contribution in [0.2, 0.25) is 0 Å². The second kappa shape index (κ2) is 7.95. The van der Waals surface area contributed by atoms with E-state index in [1.54, 1.807) is 43.0 Å². The Morgan fingerprint density at radius 3 is 2.71 bits per heavy atom. The van der Waals surface area contributed by atoms with Crippen LogP contribution < -0.4 is 4.90 Å². The Bertz CT molecular complexity index is 545. The molecule has 0 saturated carbocycles. The van der Waals surface area contributed by atoms with Crippen molar-refractivity contribution < 1.29 is 19.4 Å². The minimum atomic E-state index is -0.896. The van der Waals surface area contributed by atoms with Gasteiger partial charge in [-0.3, -0.25) is 4.79 Å². The van der Waals surface area contributed by atoms with Crippen molar-refractivity contribution in [2.24, 2.45) is 0 Å². The molecule has 1 N–H and O–H groups in total. The molecule has 21 heavy (non-hydrogen) atoms. The molecule has 0 unspecified atom stereocenters. The topological polar surface area (TPSA) is 66.8 Å². The number of carbonyl (C=O) groups excluding carboxylic acids is 1. The number of carbonyl (C=O) groups is 2. The minimum Gasteiger partial charge on any atom is -0.481 e. The molecule has 1 aromatic rings. The van der Waals surface area contributed by atoms with Crippen LogP contribution in [0.1, 0.15) is 30.6 Å². The zero-order chi connectivity index (χ0) is 15.8. The summed E-state index contributed by atoms with van der Waals surface area (Å²) in [4.78, 5) is 24.3. The van der Waals surface area contributed by atoms with E-state index >= 15 is 0 Å². The van der Waals surface area contributed by atoms with Gasteiger partial charge in [-0.05, 0) is 32.0 Å². The quantitative estimate of drug-likeness (QED) is 0.615. The maximum Gasteiger partial charge on any atom is 0.338 e. The zero-order valence-corrected chi connectivity index (χ0v) is 12.2. The molecule has 0 heterocycles. The Morgan fingerprint density at radius 1 is 1.43 bits per heavy atom. The van der Waals surface area contributed by atoms with Crippen LogP contribution in [-0.4, -0.2) is 36.2 Å². The molecule has 1 aromatic carbocycles. The first-order valence-corrected chi connectivity index (χ1v) is 6.65. The predicted molar refractivity (Wildman–Crippen MR) is 80.3 cm³/mol. The molecular weight excluding hydrogens is 270 g/mol. The number of hydrogen-bond acceptors (Lipinski definition) is 4. The van der Waals surface area contributed by atoms with Crippen molar-refractivity contribution in [1.29, 1.82) is 0 Å². The molecule has 0 amide bonds. The van der Waals surface area contributed by atoms with Gasteiger partial charge in [-0.2, -0.15) is 0 Å². The lowest BCUT2D eigenvalue weighted by atomic mass is 10.2. The smallest absolute Gasteiger partial charge is 0.338 e. The van der Waals surface area contributed by atoms with Crippen LogP contribution in [-0.2, 0) is 9.53 Å². The summed E-state index contributed by atoms with van der Waals surface area (Å²) in [5, 5.41) is 8.77. The molecule has 0 aromatic heterocycles. The third kappa shape index (κ3) is 5.57. The van der Waals surface area contributed by atoms with Gasteiger partial charge in [0.25, 0.3) is 0 Å². The van der Waals surface area contributed by atoms with Crippen LogP contribution in [0.15, 0.2) is 24.3 Å². The molecule has 0 spiro atoms. The summed E-state index contributed by atoms with van der Waals surface area (Å²) in [6, 6.07) is 6.81. The Labute approximate surface area is 124 Å². The first-order chi connectivity index (χ1) is 9.93. The number of carboxylic acids is 1. The van der Waals surface area contributed by atoms with Gasteiger partial charge in [0.1, 0.15) is 0 Å². The summed E-state index contributed by atoms with van der Waals surface area (Å²) in [6.07, 6.45) is 5.08. The van der Waals surface area contributed by atoms with Crippen LogP contribution in [0.3, 0.4) is 0 Å². The van der Waals surface area contributed by atoms with E-state index in [9.17, 15) is 9.59 Å². The standard InChI is InChI=1S/C16H19NO4/c1-4-9-17(10-8-15(18)19)14-7-5-6-13(11-14)16(20)21-12(2)3/h1,5-7,11-12H,8-10H2,2-3H3,(H,18,19). The number of esters is 1. The van der Waals surface area contributed by atoms with Gasteiger partial charge < -0.3 is 14.7 Å². The lowest BCUT2D eigenvalue weighted by molar-refractivity contribution is -0.136. The number of carboxylic acid groups (broad SMARTS) is 1. The summed E-state index contributed by atoms with van der Waals surface area (Å²) in [5.41, 5.74) is 1.12. The van der Waals surface area contributed by atoms with Crippen molar-refractivity contribution in [3.05, 3.63) is 29.8 Å². The fourth-order valence-electron chi connectivity index (χ4n) is 1.75. The maximum absolute atomic E-state index is 11.9. The van der Waals surface area contributed by atoms with Crippen LogP contribution in [0.5, 0.6) is 0 Å². The van der Waals surface area contributed by atoms with Gasteiger partial charge >= 0.3 is 11.9 Å². The number of nitrogens with zero attached hydrogens (tertiary/aromatic N) is 1. The van der Waals surface area contributed by atoms with Crippen molar-refractivity contribution in [2.45, 2.75) is 26.4 Å². The predicted octanol–water partition coefficient (Wildman–Crippen LogP) is 2.17. The van der Waals surface area contributed by atoms with E-state index in [0.29, 0.717) is 11.3 Å². The Kier molecular flexibility index (Phi) is 6.28. The largest absolute Gasteiger partial charge is 0.481 e. The number of anilines is 1. The van der Waals surface area contributed by atoms with E-state index in [0.717, 1.165) is 0 Å². The number of benzene rings is 1. The highest BCUT2D eigenvalue weighted by atomic mass is 16.5. The average Bonchev–Trinajstić information content (AvgIpc) is 2.42. The SMILES string of the molecule is C#CCN(CCC(=O)O)c1cccc(C(=O)OC(C)C)c1. The van der Waals surface area contributed by atoms with Crippen LogP contribution in [0.25, 0.3) is 0 Å². The Hall–Kier alpha value is -2.48. The molecule has 0 radical (unpaired) electrons. The van der Waals surface area contributed by atoms with Crippen molar-refractivity contribution in [1.82, 2.24) is 0 Å². The monoisotopic (exact) mass is 289 g/mol. The molecule has 5 heteroatoms. The summed E-state index contributed by atoms with van der Waals surface area (Å²) in [5.74, 6) is 1.18. The first kappa shape index (κ1) is 16.6. The van der Waals surface area contributed by atoms with Crippen molar-refractivity contribution >= 4 is 17.6 Å². The van der Waals surface area contributed by atoms with Gasteiger partial charge in [-0.1, -0.05) is 12.0 Å². The Morgan fingerprint density at radius 2 is 2.14 bits per heavy atom. The molecule has 0 aliphatic heterocycles. The molecule has 0 aliphatic carbocycles. The second-order valence-corrected chi connectivity index (χ2v) is 4.77. The lowest BCUT2D eigenvalue weighted by Crippen LogP contribution is -2.26. The molecule has 0 bridgehead atoms. The normalized spacial score (nSPS) is 10.0. The molecule has 0 fully saturated rings. The summed E-state index contributed by atoms with van der Waals surface area (Å²) < 4.78 is 5.14. The highest BCUT2D eigenvalue weighted by molar-refractivity contribution is 5.90. The van der Waals surface area contributed by atoms with E-state index in [2.05, 4.69) is 5.92 Å². The van der Waals surface area contributed by atoms with Gasteiger partial charge in [0, 0.05) is 12.2 Å². The van der Waals surface area contributed by atoms with E-state index in [-0.39, 0.29) is 25.6 Å². The number of rotatable bonds is 7. The number of hydrogen-bond donors (Lipinski definition) is 1. The number of terminal acetylenes is 1. The van der Waals surface area contributed by atoms with Gasteiger partial charge in [0.15, 0.2) is 0 Å². The van der Waals surface area contributed by atoms with Crippen molar-refractivity contribution in [2.75, 3.05) is 18.0 Å². The molecule has 0 saturated heterocycles. The highest BCUT2D eigenvalue weighted by Gasteiger charge is 2.13. The minimum absolute atomic E-state index is 0.0254. The molecule has 112 valence electrons. The lowest BCUT2D eigenvalue weighted by Gasteiger charge is -2.22. The van der Waals surface area contributed by atoms with Gasteiger partial charge in [0.05, 0.1) is 24.6 Å². The fraction of sp³-hybridized carbons (Fsp3) is 0.375. The second-order valence-electron chi connectivity index (χ2n) is 4.77. The average molecular weight is 289 g/mol. The summed E-state index contributed by atoms with van der Waals surface area (Å²) in [7, 11) is 0. The maximum atomic E-state index is 11.9. The van der Waals surface area contributed by atoms with E-state index in [4.69, 9.17) is 16.3 Å². The third-order valence-corrected chi connectivity index (χ3v) is 2.67. The van der Waals surface area contributed by atoms with Gasteiger partial charge in [-0.15, -0.1) is 6.42 Å². The first-order valence-electron chi connectivity index (χ1n) is 6.65. The number of aliphatic carboxylic acids is 1. The van der Waals surface area contributed by atoms with E-state index in [1.165, 1.54) is 0 Å². The molecule has 0 aliphatic rings. The molecule has 0 atom stereocenters. The summed E-state index contributed by atoms with van der Waals surface area (Å²) >= 11 is 0. The molecule has 5 nitrogen and oxygen atoms in total. The molecule has 1 rings (SSSR count). The Balaban J connectivity index is 2.91. The van der Waals surface area contributed by atoms with Gasteiger partial charge in [0.2, 0.25) is 0 Å². The van der Waals surface area contributed by atoms with Crippen LogP contribution in [0, 0.1) is 12.3 Å². The zero-order valence-electron chi connectivity index (χ0n) is 12.2. The van der Waals surface area contributed by atoms with Gasteiger partial charge in [-0.25, -0.2) is 4.79 Å². The van der Waals surface area contributed by atoms with Crippen LogP contribution >= 0.6 is 0 Å². The van der Waals surface area contributed by atoms with E-state index < -0.39 is 11.9 Å². The fourth-order valence-corrected chi connectivity index (χ4v) is 1.75. The summed E-state index contributed by atoms with van der Waals surface area (Å²) in [6.45, 7) is 4.11. The van der Waals surface area contributed by atoms with Crippen molar-refractivity contribution in [3.8, 4) is 12.3 Å². The van der Waals surface area contributed by atoms with Crippen LogP contribution in [0.4, 0.5) is 5.69 Å². The number of ether oxygens (including phenoxy) is 1. The van der Waals surface area contributed by atoms with Crippen molar-refractivity contribution in [3.63, 3.8) is 0 Å². The third-order valence-electron chi connectivity index (χ3n) is 2.67. The highest BCUT2D eigenvalue weighted by Crippen LogP contribution is 2.17.